The third-order valence-corrected chi connectivity index (χ3v) is 2.87. The number of carbonyl (C=O) groups excluding carboxylic acids is 1. The van der Waals surface area contributed by atoms with Crippen molar-refractivity contribution in [3.63, 3.8) is 0 Å². The van der Waals surface area contributed by atoms with E-state index in [4.69, 9.17) is 5.84 Å². The van der Waals surface area contributed by atoms with Gasteiger partial charge in [-0.3, -0.25) is 4.79 Å². The molecule has 0 aliphatic heterocycles. The van der Waals surface area contributed by atoms with Gasteiger partial charge in [0.1, 0.15) is 12.4 Å². The Hall–Kier alpha value is -1.83. The molecule has 118 valence electrons. The molecule has 0 saturated carbocycles. The van der Waals surface area contributed by atoms with Crippen molar-refractivity contribution >= 4 is 11.7 Å². The van der Waals surface area contributed by atoms with Gasteiger partial charge < -0.3 is 10.3 Å². The van der Waals surface area contributed by atoms with Crippen molar-refractivity contribution in [3.05, 3.63) is 23.4 Å². The Kier molecular flexibility index (Phi) is 5.54. The molecule has 5 nitrogen and oxygen atoms in total. The minimum Gasteiger partial charge on any atom is -0.330 e. The number of anilines is 1. The van der Waals surface area contributed by atoms with Gasteiger partial charge in [0.05, 0.1) is 0 Å². The van der Waals surface area contributed by atoms with Crippen molar-refractivity contribution in [3.8, 4) is 0 Å². The number of nitrogens with two attached hydrogens (primary N) is 1. The molecule has 1 amide bonds. The van der Waals surface area contributed by atoms with Crippen molar-refractivity contribution in [1.82, 2.24) is 9.88 Å². The van der Waals surface area contributed by atoms with E-state index in [1.54, 1.807) is 0 Å². The van der Waals surface area contributed by atoms with Gasteiger partial charge in [-0.15, -0.1) is 0 Å². The zero-order valence-electron chi connectivity index (χ0n) is 12.2. The van der Waals surface area contributed by atoms with E-state index in [0.717, 1.165) is 4.90 Å². The number of nitrogen functional groups attached to an aromatic ring is 1. The van der Waals surface area contributed by atoms with Gasteiger partial charge in [-0.25, -0.2) is 10.8 Å². The van der Waals surface area contributed by atoms with Crippen LogP contribution in [0.5, 0.6) is 0 Å². The largest absolute Gasteiger partial charge is 0.406 e. The van der Waals surface area contributed by atoms with Crippen molar-refractivity contribution in [2.24, 2.45) is 5.84 Å². The van der Waals surface area contributed by atoms with E-state index in [9.17, 15) is 18.0 Å². The van der Waals surface area contributed by atoms with Gasteiger partial charge in [0.15, 0.2) is 0 Å². The van der Waals surface area contributed by atoms with E-state index < -0.39 is 18.6 Å². The third-order valence-electron chi connectivity index (χ3n) is 2.87. The number of hydrogen-bond acceptors (Lipinski definition) is 4. The minimum absolute atomic E-state index is 0.0162. The van der Waals surface area contributed by atoms with Gasteiger partial charge in [0, 0.05) is 17.8 Å². The highest BCUT2D eigenvalue weighted by Crippen LogP contribution is 2.21. The van der Waals surface area contributed by atoms with Crippen LogP contribution in [0.25, 0.3) is 0 Å². The lowest BCUT2D eigenvalue weighted by Crippen LogP contribution is -2.38. The number of pyridine rings is 1. The summed E-state index contributed by atoms with van der Waals surface area (Å²) in [6, 6.07) is 2.83. The second-order valence-corrected chi connectivity index (χ2v) is 4.90. The van der Waals surface area contributed by atoms with Crippen LogP contribution < -0.4 is 11.3 Å². The van der Waals surface area contributed by atoms with Crippen LogP contribution >= 0.6 is 0 Å². The van der Waals surface area contributed by atoms with Crippen LogP contribution in [0.2, 0.25) is 0 Å². The third kappa shape index (κ3) is 4.89. The van der Waals surface area contributed by atoms with E-state index in [1.165, 1.54) is 19.1 Å². The summed E-state index contributed by atoms with van der Waals surface area (Å²) in [5, 5.41) is 0. The van der Waals surface area contributed by atoms with Crippen LogP contribution in [-0.2, 0) is 0 Å². The lowest BCUT2D eigenvalue weighted by atomic mass is 10.1. The number of nitrogens with one attached hydrogen (secondary N) is 1. The maximum atomic E-state index is 12.5. The standard InChI is InChI=1S/C13H19F3N4O/c1-4-20(7-13(14,15)16)12(21)9-5-10(8(2)3)18-11(6-9)19-17/h5-6,8H,4,7,17H2,1-3H3,(H,18,19). The van der Waals surface area contributed by atoms with Crippen molar-refractivity contribution < 1.29 is 18.0 Å². The molecule has 1 heterocycles. The van der Waals surface area contributed by atoms with Gasteiger partial charge in [-0.1, -0.05) is 13.8 Å². The normalized spacial score (nSPS) is 11.6. The molecule has 21 heavy (non-hydrogen) atoms. The lowest BCUT2D eigenvalue weighted by Gasteiger charge is -2.23. The molecule has 0 radical (unpaired) electrons. The van der Waals surface area contributed by atoms with Crippen LogP contribution in [0.1, 0.15) is 42.7 Å². The summed E-state index contributed by atoms with van der Waals surface area (Å²) in [7, 11) is 0. The van der Waals surface area contributed by atoms with Crippen LogP contribution in [0.15, 0.2) is 12.1 Å². The molecule has 1 aromatic rings. The first-order chi connectivity index (χ1) is 9.67. The molecule has 0 unspecified atom stereocenters. The smallest absolute Gasteiger partial charge is 0.330 e. The molecule has 0 bridgehead atoms. The zero-order valence-corrected chi connectivity index (χ0v) is 12.2. The van der Waals surface area contributed by atoms with Gasteiger partial charge in [0.2, 0.25) is 0 Å². The second kappa shape index (κ2) is 6.75. The fourth-order valence-corrected chi connectivity index (χ4v) is 1.77. The quantitative estimate of drug-likeness (QED) is 0.648. The van der Waals surface area contributed by atoms with Crippen molar-refractivity contribution in [2.45, 2.75) is 32.9 Å². The van der Waals surface area contributed by atoms with E-state index in [0.29, 0.717) is 5.69 Å². The minimum atomic E-state index is -4.44. The number of carbonyl (C=O) groups is 1. The number of alkyl halides is 3. The van der Waals surface area contributed by atoms with Crippen molar-refractivity contribution in [1.29, 1.82) is 0 Å². The maximum Gasteiger partial charge on any atom is 0.406 e. The maximum absolute atomic E-state index is 12.5. The monoisotopic (exact) mass is 304 g/mol. The molecule has 0 spiro atoms. The number of amides is 1. The predicted octanol–water partition coefficient (Wildman–Crippen LogP) is 2.52. The molecular weight excluding hydrogens is 285 g/mol. The highest BCUT2D eigenvalue weighted by molar-refractivity contribution is 5.95. The number of rotatable bonds is 5. The Morgan fingerprint density at radius 3 is 2.48 bits per heavy atom. The van der Waals surface area contributed by atoms with E-state index in [2.05, 4.69) is 10.4 Å². The Labute approximate surface area is 121 Å². The van der Waals surface area contributed by atoms with Crippen LogP contribution in [0.3, 0.4) is 0 Å². The summed E-state index contributed by atoms with van der Waals surface area (Å²) >= 11 is 0. The number of halogens is 3. The zero-order chi connectivity index (χ0) is 16.2. The highest BCUT2D eigenvalue weighted by atomic mass is 19.4. The molecule has 0 saturated heterocycles. The van der Waals surface area contributed by atoms with Crippen molar-refractivity contribution in [2.75, 3.05) is 18.5 Å². The summed E-state index contributed by atoms with van der Waals surface area (Å²) in [5.74, 6) is 4.84. The fourth-order valence-electron chi connectivity index (χ4n) is 1.77. The predicted molar refractivity (Wildman–Crippen MR) is 73.8 cm³/mol. The van der Waals surface area contributed by atoms with Gasteiger partial charge >= 0.3 is 6.18 Å². The molecule has 1 rings (SSSR count). The Bertz CT molecular complexity index is 503. The lowest BCUT2D eigenvalue weighted by molar-refractivity contribution is -0.140. The van der Waals surface area contributed by atoms with Gasteiger partial charge in [0.25, 0.3) is 5.91 Å². The first-order valence-corrected chi connectivity index (χ1v) is 6.52. The van der Waals surface area contributed by atoms with E-state index >= 15 is 0 Å². The molecule has 1 aromatic heterocycles. The average Bonchev–Trinajstić information content (AvgIpc) is 2.42. The van der Waals surface area contributed by atoms with Crippen LogP contribution in [0.4, 0.5) is 19.0 Å². The van der Waals surface area contributed by atoms with E-state index in [-0.39, 0.29) is 23.8 Å². The average molecular weight is 304 g/mol. The topological polar surface area (TPSA) is 71.2 Å². The van der Waals surface area contributed by atoms with Crippen LogP contribution in [-0.4, -0.2) is 35.1 Å². The summed E-state index contributed by atoms with van der Waals surface area (Å²) in [4.78, 5) is 17.1. The van der Waals surface area contributed by atoms with Gasteiger partial charge in [-0.05, 0) is 25.0 Å². The SMILES string of the molecule is CCN(CC(F)(F)F)C(=O)c1cc(NN)nc(C(C)C)c1. The first-order valence-electron chi connectivity index (χ1n) is 6.52. The summed E-state index contributed by atoms with van der Waals surface area (Å²) in [6.07, 6.45) is -4.44. The first kappa shape index (κ1) is 17.2. The van der Waals surface area contributed by atoms with Gasteiger partial charge in [-0.2, -0.15) is 13.2 Å². The number of nitrogens with zero attached hydrogens (tertiary/aromatic N) is 2. The molecular formula is C13H19F3N4O. The highest BCUT2D eigenvalue weighted by Gasteiger charge is 2.32. The van der Waals surface area contributed by atoms with E-state index in [1.807, 2.05) is 13.8 Å². The number of aromatic nitrogens is 1. The Balaban J connectivity index is 3.12. The molecule has 8 heteroatoms. The summed E-state index contributed by atoms with van der Waals surface area (Å²) in [6.45, 7) is 3.90. The second-order valence-electron chi connectivity index (χ2n) is 4.90. The molecule has 0 aromatic carbocycles. The number of hydrogen-bond donors (Lipinski definition) is 2. The van der Waals surface area contributed by atoms with Crippen LogP contribution in [0, 0.1) is 0 Å². The molecule has 0 fully saturated rings. The summed E-state index contributed by atoms with van der Waals surface area (Å²) < 4.78 is 37.4. The number of hydrazine groups is 1. The Morgan fingerprint density at radius 2 is 2.05 bits per heavy atom. The Morgan fingerprint density at radius 1 is 1.43 bits per heavy atom. The molecule has 0 aliphatic carbocycles. The molecule has 3 N–H and O–H groups in total. The fraction of sp³-hybridized carbons (Fsp3) is 0.538. The summed E-state index contributed by atoms with van der Waals surface area (Å²) in [5.41, 5.74) is 3.03. The molecule has 0 aliphatic rings. The molecule has 0 atom stereocenters.